The Labute approximate surface area is 174 Å². The van der Waals surface area contributed by atoms with Crippen molar-refractivity contribution in [2.24, 2.45) is 0 Å². The van der Waals surface area contributed by atoms with Gasteiger partial charge in [-0.25, -0.2) is 9.44 Å². The number of hydrogen-bond donors (Lipinski definition) is 3. The van der Waals surface area contributed by atoms with Crippen molar-refractivity contribution in [1.82, 2.24) is 19.6 Å². The fraction of sp³-hybridized carbons (Fsp3) is 0.545. The van der Waals surface area contributed by atoms with Crippen molar-refractivity contribution >= 4 is 12.1 Å². The maximum Gasteiger partial charge on any atom is 0.0991 e. The van der Waals surface area contributed by atoms with Crippen LogP contribution in [0, 0.1) is 11.3 Å². The van der Waals surface area contributed by atoms with Gasteiger partial charge >= 0.3 is 0 Å². The van der Waals surface area contributed by atoms with Gasteiger partial charge in [-0.2, -0.15) is 10.4 Å². The van der Waals surface area contributed by atoms with Crippen LogP contribution < -0.4 is 9.44 Å². The molecule has 0 saturated heterocycles. The van der Waals surface area contributed by atoms with Gasteiger partial charge in [0.2, 0.25) is 0 Å². The van der Waals surface area contributed by atoms with Crippen molar-refractivity contribution in [2.75, 3.05) is 0 Å². The summed E-state index contributed by atoms with van der Waals surface area (Å²) in [5.41, 5.74) is 3.90. The molecular formula is C22H33N5S. The molecule has 0 unspecified atom stereocenters. The summed E-state index contributed by atoms with van der Waals surface area (Å²) in [6, 6.07) is 12.5. The average Bonchev–Trinajstić information content (AvgIpc) is 3.19. The van der Waals surface area contributed by atoms with Crippen molar-refractivity contribution in [3.63, 3.8) is 0 Å². The molecule has 1 heterocycles. The zero-order valence-corrected chi connectivity index (χ0v) is 18.5. The van der Waals surface area contributed by atoms with Gasteiger partial charge in [-0.1, -0.05) is 26.0 Å². The maximum atomic E-state index is 9.06. The summed E-state index contributed by atoms with van der Waals surface area (Å²) < 4.78 is 6.95. The Morgan fingerprint density at radius 2 is 1.86 bits per heavy atom. The summed E-state index contributed by atoms with van der Waals surface area (Å²) in [6.07, 6.45) is 4.66. The molecule has 3 rings (SSSR count). The van der Waals surface area contributed by atoms with E-state index in [1.807, 2.05) is 38.1 Å². The van der Waals surface area contributed by atoms with Gasteiger partial charge in [0.05, 0.1) is 17.3 Å². The predicted molar refractivity (Wildman–Crippen MR) is 119 cm³/mol. The van der Waals surface area contributed by atoms with E-state index >= 15 is 0 Å². The van der Waals surface area contributed by atoms with Crippen molar-refractivity contribution in [3.05, 3.63) is 41.6 Å². The van der Waals surface area contributed by atoms with Gasteiger partial charge in [-0.3, -0.25) is 5.10 Å². The fourth-order valence-corrected chi connectivity index (χ4v) is 4.00. The van der Waals surface area contributed by atoms with E-state index in [-0.39, 0.29) is 5.54 Å². The molecule has 1 aliphatic carbocycles. The molecule has 1 aromatic carbocycles. The van der Waals surface area contributed by atoms with Crippen LogP contribution in [-0.2, 0) is 0 Å². The van der Waals surface area contributed by atoms with E-state index in [0.29, 0.717) is 17.5 Å². The van der Waals surface area contributed by atoms with E-state index in [0.717, 1.165) is 24.1 Å². The van der Waals surface area contributed by atoms with Gasteiger partial charge in [0, 0.05) is 40.9 Å². The Morgan fingerprint density at radius 1 is 1.14 bits per heavy atom. The van der Waals surface area contributed by atoms with E-state index in [9.17, 15) is 0 Å². The van der Waals surface area contributed by atoms with E-state index in [4.69, 9.17) is 5.26 Å². The van der Waals surface area contributed by atoms with E-state index < -0.39 is 0 Å². The predicted octanol–water partition coefficient (Wildman–Crippen LogP) is 5.54. The Balaban J connectivity index is 0.00000136. The monoisotopic (exact) mass is 399 g/mol. The standard InChI is InChI=1S/C20H27N5S.C2H6/c1-20(2,3)25-26-24-17-9-7-15(8-10-17)18-12-19(23-22-18)16-6-4-5-14(11-16)13-21;1-2/h4-6,11-12,15,17,24-25H,7-10H2,1-3H3,(H,22,23);1-2H3. The molecule has 1 saturated carbocycles. The van der Waals surface area contributed by atoms with Crippen molar-refractivity contribution in [2.45, 2.75) is 77.8 Å². The topological polar surface area (TPSA) is 76.5 Å². The summed E-state index contributed by atoms with van der Waals surface area (Å²) in [6.45, 7) is 10.5. The summed E-state index contributed by atoms with van der Waals surface area (Å²) in [5.74, 6) is 0.536. The highest BCUT2D eigenvalue weighted by atomic mass is 32.2. The summed E-state index contributed by atoms with van der Waals surface area (Å²) in [7, 11) is 0. The lowest BCUT2D eigenvalue weighted by atomic mass is 9.84. The molecule has 28 heavy (non-hydrogen) atoms. The maximum absolute atomic E-state index is 9.06. The molecule has 5 nitrogen and oxygen atoms in total. The molecule has 0 amide bonds. The molecule has 3 N–H and O–H groups in total. The van der Waals surface area contributed by atoms with Gasteiger partial charge in [0.15, 0.2) is 0 Å². The van der Waals surface area contributed by atoms with Crippen LogP contribution in [0.2, 0.25) is 0 Å². The van der Waals surface area contributed by atoms with E-state index in [2.05, 4.69) is 52.5 Å². The number of nitriles is 1. The highest BCUT2D eigenvalue weighted by Gasteiger charge is 2.24. The lowest BCUT2D eigenvalue weighted by molar-refractivity contribution is 0.375. The first-order valence-corrected chi connectivity index (χ1v) is 11.0. The molecule has 0 atom stereocenters. The molecule has 0 radical (unpaired) electrons. The molecule has 1 aliphatic rings. The van der Waals surface area contributed by atoms with Gasteiger partial charge < -0.3 is 0 Å². The summed E-state index contributed by atoms with van der Waals surface area (Å²) >= 11 is 1.62. The van der Waals surface area contributed by atoms with Gasteiger partial charge in [-0.15, -0.1) is 0 Å². The van der Waals surface area contributed by atoms with Crippen molar-refractivity contribution in [3.8, 4) is 17.3 Å². The average molecular weight is 400 g/mol. The minimum atomic E-state index is 0.115. The molecular weight excluding hydrogens is 366 g/mol. The molecule has 1 fully saturated rings. The second kappa shape index (κ2) is 10.7. The first-order chi connectivity index (χ1) is 13.4. The minimum absolute atomic E-state index is 0.115. The van der Waals surface area contributed by atoms with Crippen LogP contribution in [0.4, 0.5) is 0 Å². The lowest BCUT2D eigenvalue weighted by Gasteiger charge is -2.29. The molecule has 152 valence electrons. The third-order valence-electron chi connectivity index (χ3n) is 4.63. The van der Waals surface area contributed by atoms with Gasteiger partial charge in [0.1, 0.15) is 0 Å². The molecule has 0 bridgehead atoms. The molecule has 0 aliphatic heterocycles. The van der Waals surface area contributed by atoms with Crippen LogP contribution in [0.3, 0.4) is 0 Å². The van der Waals surface area contributed by atoms with Crippen molar-refractivity contribution in [1.29, 1.82) is 5.26 Å². The zero-order valence-electron chi connectivity index (χ0n) is 17.7. The number of nitrogens with one attached hydrogen (secondary N) is 3. The highest BCUT2D eigenvalue weighted by molar-refractivity contribution is 7.95. The van der Waals surface area contributed by atoms with Gasteiger partial charge in [-0.05, 0) is 64.7 Å². The molecule has 1 aromatic heterocycles. The van der Waals surface area contributed by atoms with Crippen LogP contribution in [0.1, 0.15) is 77.5 Å². The third-order valence-corrected chi connectivity index (χ3v) is 5.80. The molecule has 6 heteroatoms. The number of aromatic nitrogens is 2. The van der Waals surface area contributed by atoms with Crippen molar-refractivity contribution < 1.29 is 0 Å². The van der Waals surface area contributed by atoms with Crippen LogP contribution in [0.15, 0.2) is 30.3 Å². The SMILES string of the molecule is CC.CC(C)(C)NSNC1CCC(c2cc(-c3cccc(C#N)c3)n[nH]2)CC1. The number of aromatic amines is 1. The van der Waals surface area contributed by atoms with E-state index in [1.54, 1.807) is 12.1 Å². The quantitative estimate of drug-likeness (QED) is 0.575. The molecule has 0 spiro atoms. The Hall–Kier alpha value is -1.81. The summed E-state index contributed by atoms with van der Waals surface area (Å²) in [5, 5.41) is 16.7. The number of nitrogens with zero attached hydrogens (tertiary/aromatic N) is 2. The number of H-pyrrole nitrogens is 1. The normalized spacial score (nSPS) is 19.4. The lowest BCUT2D eigenvalue weighted by Crippen LogP contribution is -2.36. The summed E-state index contributed by atoms with van der Waals surface area (Å²) in [4.78, 5) is 0. The largest absolute Gasteiger partial charge is 0.282 e. The Morgan fingerprint density at radius 3 is 2.50 bits per heavy atom. The van der Waals surface area contributed by atoms with Crippen LogP contribution >= 0.6 is 12.1 Å². The third kappa shape index (κ3) is 6.66. The fourth-order valence-electron chi connectivity index (χ4n) is 3.23. The van der Waals surface area contributed by atoms with E-state index in [1.165, 1.54) is 18.5 Å². The number of hydrogen-bond acceptors (Lipinski definition) is 5. The second-order valence-corrected chi connectivity index (χ2v) is 8.67. The Bertz CT molecular complexity index is 764. The minimum Gasteiger partial charge on any atom is -0.282 e. The van der Waals surface area contributed by atoms with Crippen LogP contribution in [0.25, 0.3) is 11.3 Å². The highest BCUT2D eigenvalue weighted by Crippen LogP contribution is 2.34. The number of benzene rings is 1. The second-order valence-electron chi connectivity index (χ2n) is 8.02. The Kier molecular flexibility index (Phi) is 8.56. The smallest absolute Gasteiger partial charge is 0.0991 e. The first-order valence-electron chi connectivity index (χ1n) is 10.2. The zero-order chi connectivity index (χ0) is 20.6. The van der Waals surface area contributed by atoms with Crippen LogP contribution in [-0.4, -0.2) is 21.8 Å². The van der Waals surface area contributed by atoms with Crippen LogP contribution in [0.5, 0.6) is 0 Å². The first kappa shape index (κ1) is 22.5. The molecule has 2 aromatic rings. The van der Waals surface area contributed by atoms with Gasteiger partial charge in [0.25, 0.3) is 0 Å². The number of rotatable bonds is 5.